The third-order valence-electron chi connectivity index (χ3n) is 3.79. The Balaban J connectivity index is 2.46. The average molecular weight is 287 g/mol. The van der Waals surface area contributed by atoms with E-state index in [-0.39, 0.29) is 10.6 Å². The van der Waals surface area contributed by atoms with E-state index in [4.69, 9.17) is 0 Å². The molecule has 0 bridgehead atoms. The summed E-state index contributed by atoms with van der Waals surface area (Å²) in [5.41, 5.74) is 1.24. The second-order valence-electron chi connectivity index (χ2n) is 5.53. The van der Waals surface area contributed by atoms with Crippen molar-refractivity contribution in [2.45, 2.75) is 33.2 Å². The standard InChI is InChI=1S/C16H21N3O2/c1-4-18-15(11(2)3)9-12-5-6-16(19(20)21)14-10-17-8-7-13(12)14/h5-8,10-11,15,18H,4,9H2,1-3H3. The van der Waals surface area contributed by atoms with Crippen LogP contribution < -0.4 is 5.32 Å². The molecule has 0 aliphatic rings. The van der Waals surface area contributed by atoms with Crippen molar-refractivity contribution in [1.82, 2.24) is 10.3 Å². The lowest BCUT2D eigenvalue weighted by atomic mass is 9.93. The molecule has 0 saturated carbocycles. The van der Waals surface area contributed by atoms with Crippen LogP contribution in [0.5, 0.6) is 0 Å². The molecule has 1 N–H and O–H groups in total. The summed E-state index contributed by atoms with van der Waals surface area (Å²) < 4.78 is 0. The van der Waals surface area contributed by atoms with Gasteiger partial charge < -0.3 is 5.32 Å². The molecule has 0 amide bonds. The zero-order valence-electron chi connectivity index (χ0n) is 12.7. The Morgan fingerprint density at radius 3 is 2.67 bits per heavy atom. The third kappa shape index (κ3) is 3.36. The van der Waals surface area contributed by atoms with E-state index in [0.717, 1.165) is 23.9 Å². The number of rotatable bonds is 6. The van der Waals surface area contributed by atoms with Crippen LogP contribution >= 0.6 is 0 Å². The van der Waals surface area contributed by atoms with Crippen LogP contribution in [-0.2, 0) is 6.42 Å². The molecule has 1 aromatic heterocycles. The minimum Gasteiger partial charge on any atom is -0.314 e. The van der Waals surface area contributed by atoms with Crippen LogP contribution in [-0.4, -0.2) is 22.5 Å². The van der Waals surface area contributed by atoms with Crippen LogP contribution in [0.4, 0.5) is 5.69 Å². The summed E-state index contributed by atoms with van der Waals surface area (Å²) in [7, 11) is 0. The number of hydrogen-bond acceptors (Lipinski definition) is 4. The van der Waals surface area contributed by atoms with E-state index in [1.54, 1.807) is 18.5 Å². The number of hydrogen-bond donors (Lipinski definition) is 1. The number of likely N-dealkylation sites (N-methyl/N-ethyl adjacent to an activating group) is 1. The molecular formula is C16H21N3O2. The predicted octanol–water partition coefficient (Wildman–Crippen LogP) is 3.32. The van der Waals surface area contributed by atoms with Gasteiger partial charge in [-0.15, -0.1) is 0 Å². The highest BCUT2D eigenvalue weighted by molar-refractivity contribution is 5.92. The summed E-state index contributed by atoms with van der Waals surface area (Å²) in [4.78, 5) is 14.8. The van der Waals surface area contributed by atoms with Crippen molar-refractivity contribution in [3.8, 4) is 0 Å². The Labute approximate surface area is 124 Å². The largest absolute Gasteiger partial charge is 0.314 e. The minimum absolute atomic E-state index is 0.117. The van der Waals surface area contributed by atoms with Crippen molar-refractivity contribution in [3.05, 3.63) is 46.3 Å². The Morgan fingerprint density at radius 1 is 1.29 bits per heavy atom. The molecule has 1 unspecified atom stereocenters. The molecule has 2 aromatic rings. The Bertz CT molecular complexity index is 640. The number of benzene rings is 1. The van der Waals surface area contributed by atoms with Gasteiger partial charge in [0.15, 0.2) is 0 Å². The first-order valence-corrected chi connectivity index (χ1v) is 7.28. The second-order valence-corrected chi connectivity index (χ2v) is 5.53. The van der Waals surface area contributed by atoms with Crippen LogP contribution in [0, 0.1) is 16.0 Å². The summed E-state index contributed by atoms with van der Waals surface area (Å²) in [6, 6.07) is 5.67. The monoisotopic (exact) mass is 287 g/mol. The number of nitrogens with zero attached hydrogens (tertiary/aromatic N) is 2. The number of aromatic nitrogens is 1. The van der Waals surface area contributed by atoms with Gasteiger partial charge in [-0.05, 0) is 35.9 Å². The maximum absolute atomic E-state index is 11.1. The molecule has 21 heavy (non-hydrogen) atoms. The van der Waals surface area contributed by atoms with Crippen molar-refractivity contribution in [3.63, 3.8) is 0 Å². The van der Waals surface area contributed by atoms with Crippen molar-refractivity contribution >= 4 is 16.5 Å². The molecule has 1 atom stereocenters. The molecule has 5 heteroatoms. The number of pyridine rings is 1. The zero-order chi connectivity index (χ0) is 15.4. The van der Waals surface area contributed by atoms with E-state index in [1.807, 2.05) is 12.1 Å². The van der Waals surface area contributed by atoms with Crippen molar-refractivity contribution < 1.29 is 4.92 Å². The lowest BCUT2D eigenvalue weighted by Gasteiger charge is -2.22. The molecule has 0 radical (unpaired) electrons. The Kier molecular flexibility index (Phi) is 4.85. The van der Waals surface area contributed by atoms with E-state index < -0.39 is 0 Å². The molecule has 0 aliphatic heterocycles. The summed E-state index contributed by atoms with van der Waals surface area (Å²) in [5.74, 6) is 0.497. The number of nitro groups is 1. The van der Waals surface area contributed by atoms with Crippen LogP contribution in [0.2, 0.25) is 0 Å². The number of nitrogens with one attached hydrogen (secondary N) is 1. The molecule has 1 heterocycles. The molecule has 112 valence electrons. The van der Waals surface area contributed by atoms with Crippen LogP contribution in [0.25, 0.3) is 10.8 Å². The van der Waals surface area contributed by atoms with Gasteiger partial charge in [0.05, 0.1) is 10.3 Å². The van der Waals surface area contributed by atoms with Gasteiger partial charge in [0, 0.05) is 24.5 Å². The van der Waals surface area contributed by atoms with Crippen molar-refractivity contribution in [2.75, 3.05) is 6.54 Å². The van der Waals surface area contributed by atoms with Gasteiger partial charge in [-0.3, -0.25) is 15.1 Å². The predicted molar refractivity (Wildman–Crippen MR) is 84.4 cm³/mol. The molecule has 0 fully saturated rings. The van der Waals surface area contributed by atoms with Crippen molar-refractivity contribution in [1.29, 1.82) is 0 Å². The highest BCUT2D eigenvalue weighted by Gasteiger charge is 2.18. The van der Waals surface area contributed by atoms with E-state index in [0.29, 0.717) is 17.3 Å². The fraction of sp³-hybridized carbons (Fsp3) is 0.438. The highest BCUT2D eigenvalue weighted by atomic mass is 16.6. The molecule has 0 aliphatic carbocycles. The fourth-order valence-electron chi connectivity index (χ4n) is 2.62. The van der Waals surface area contributed by atoms with Gasteiger partial charge in [-0.1, -0.05) is 26.8 Å². The second kappa shape index (κ2) is 6.63. The number of non-ortho nitro benzene ring substituents is 1. The quantitative estimate of drug-likeness (QED) is 0.653. The van der Waals surface area contributed by atoms with E-state index in [9.17, 15) is 10.1 Å². The first-order valence-electron chi connectivity index (χ1n) is 7.28. The first kappa shape index (κ1) is 15.4. The normalized spacial score (nSPS) is 12.8. The maximum Gasteiger partial charge on any atom is 0.278 e. The summed E-state index contributed by atoms with van der Waals surface area (Å²) >= 11 is 0. The topological polar surface area (TPSA) is 68.1 Å². The summed E-state index contributed by atoms with van der Waals surface area (Å²) in [6.45, 7) is 7.37. The van der Waals surface area contributed by atoms with Gasteiger partial charge >= 0.3 is 0 Å². The lowest BCUT2D eigenvalue weighted by molar-refractivity contribution is -0.383. The van der Waals surface area contributed by atoms with E-state index in [2.05, 4.69) is 31.1 Å². The fourth-order valence-corrected chi connectivity index (χ4v) is 2.62. The van der Waals surface area contributed by atoms with E-state index in [1.165, 1.54) is 0 Å². The highest BCUT2D eigenvalue weighted by Crippen LogP contribution is 2.28. The molecule has 1 aromatic carbocycles. The Morgan fingerprint density at radius 2 is 2.05 bits per heavy atom. The van der Waals surface area contributed by atoms with Gasteiger partial charge in [0.2, 0.25) is 0 Å². The first-order chi connectivity index (χ1) is 10.0. The summed E-state index contributed by atoms with van der Waals surface area (Å²) in [5, 5.41) is 16.1. The van der Waals surface area contributed by atoms with Crippen LogP contribution in [0.3, 0.4) is 0 Å². The number of fused-ring (bicyclic) bond motifs is 1. The SMILES string of the molecule is CCNC(Cc1ccc([N+](=O)[O-])c2cnccc12)C(C)C. The maximum atomic E-state index is 11.1. The van der Waals surface area contributed by atoms with Gasteiger partial charge in [0.1, 0.15) is 0 Å². The van der Waals surface area contributed by atoms with Crippen LogP contribution in [0.15, 0.2) is 30.6 Å². The number of nitro benzene ring substituents is 1. The molecular weight excluding hydrogens is 266 g/mol. The average Bonchev–Trinajstić information content (AvgIpc) is 2.46. The summed E-state index contributed by atoms with van der Waals surface area (Å²) in [6.07, 6.45) is 4.12. The van der Waals surface area contributed by atoms with Crippen molar-refractivity contribution in [2.24, 2.45) is 5.92 Å². The molecule has 0 saturated heterocycles. The lowest BCUT2D eigenvalue weighted by Crippen LogP contribution is -2.35. The van der Waals surface area contributed by atoms with Gasteiger partial charge in [-0.25, -0.2) is 0 Å². The van der Waals surface area contributed by atoms with Gasteiger partial charge in [0.25, 0.3) is 5.69 Å². The molecule has 2 rings (SSSR count). The van der Waals surface area contributed by atoms with Gasteiger partial charge in [-0.2, -0.15) is 0 Å². The third-order valence-corrected chi connectivity index (χ3v) is 3.79. The molecule has 5 nitrogen and oxygen atoms in total. The van der Waals surface area contributed by atoms with E-state index >= 15 is 0 Å². The smallest absolute Gasteiger partial charge is 0.278 e. The minimum atomic E-state index is -0.349. The zero-order valence-corrected chi connectivity index (χ0v) is 12.7. The Hall–Kier alpha value is -2.01. The van der Waals surface area contributed by atoms with Crippen LogP contribution in [0.1, 0.15) is 26.3 Å². The molecule has 0 spiro atoms.